The second kappa shape index (κ2) is 4.69. The van der Waals surface area contributed by atoms with Gasteiger partial charge < -0.3 is 10.5 Å². The number of pyridine rings is 1. The van der Waals surface area contributed by atoms with Gasteiger partial charge in [-0.25, -0.2) is 13.8 Å². The highest BCUT2D eigenvalue weighted by Crippen LogP contribution is 2.31. The zero-order valence-corrected chi connectivity index (χ0v) is 9.79. The molecule has 0 bridgehead atoms. The van der Waals surface area contributed by atoms with Gasteiger partial charge in [-0.1, -0.05) is 0 Å². The molecule has 0 unspecified atom stereocenters. The molecule has 0 radical (unpaired) electrons. The molecule has 0 fully saturated rings. The van der Waals surface area contributed by atoms with Gasteiger partial charge in [-0.15, -0.1) is 0 Å². The molecule has 15 heavy (non-hydrogen) atoms. The maximum atomic E-state index is 12.5. The molecule has 7 heteroatoms. The maximum Gasteiger partial charge on any atom is 0.284 e. The van der Waals surface area contributed by atoms with Crippen LogP contribution < -0.4 is 10.5 Å². The molecule has 0 saturated heterocycles. The standard InChI is InChI=1S/C8H7F2IN2O2/c1-15-6-3(11)2-4(8(12)14)13-5(6)7(9)10/h2,7H,1H3,(H2,12,14). The number of carbonyl (C=O) groups excluding carboxylic acids is 1. The summed E-state index contributed by atoms with van der Waals surface area (Å²) in [6, 6.07) is 1.30. The van der Waals surface area contributed by atoms with Crippen LogP contribution in [0.1, 0.15) is 22.6 Å². The summed E-state index contributed by atoms with van der Waals surface area (Å²) in [4.78, 5) is 14.2. The molecule has 82 valence electrons. The van der Waals surface area contributed by atoms with Crippen LogP contribution in [0.3, 0.4) is 0 Å². The molecule has 1 rings (SSSR count). The third-order valence-electron chi connectivity index (χ3n) is 1.62. The molecule has 0 saturated carbocycles. The Bertz CT molecular complexity index is 398. The van der Waals surface area contributed by atoms with E-state index in [1.165, 1.54) is 13.2 Å². The maximum absolute atomic E-state index is 12.5. The van der Waals surface area contributed by atoms with Gasteiger partial charge in [0.1, 0.15) is 5.69 Å². The van der Waals surface area contributed by atoms with Gasteiger partial charge in [0, 0.05) is 0 Å². The van der Waals surface area contributed by atoms with Gasteiger partial charge >= 0.3 is 0 Å². The minimum Gasteiger partial charge on any atom is -0.493 e. The van der Waals surface area contributed by atoms with E-state index in [1.54, 1.807) is 22.6 Å². The predicted octanol–water partition coefficient (Wildman–Crippen LogP) is 1.73. The number of amides is 1. The van der Waals surface area contributed by atoms with Crippen molar-refractivity contribution in [1.82, 2.24) is 4.98 Å². The van der Waals surface area contributed by atoms with Crippen LogP contribution in [0.25, 0.3) is 0 Å². The molecule has 1 aromatic heterocycles. The van der Waals surface area contributed by atoms with Crippen LogP contribution >= 0.6 is 22.6 Å². The molecular formula is C8H7F2IN2O2. The molecular weight excluding hydrogens is 321 g/mol. The molecule has 4 nitrogen and oxygen atoms in total. The van der Waals surface area contributed by atoms with Crippen molar-refractivity contribution >= 4 is 28.5 Å². The van der Waals surface area contributed by atoms with Crippen molar-refractivity contribution in [3.63, 3.8) is 0 Å². The Hall–Kier alpha value is -0.990. The van der Waals surface area contributed by atoms with Crippen LogP contribution in [0.5, 0.6) is 5.75 Å². The zero-order chi connectivity index (χ0) is 11.6. The lowest BCUT2D eigenvalue weighted by atomic mass is 10.2. The minimum absolute atomic E-state index is 0.0319. The summed E-state index contributed by atoms with van der Waals surface area (Å²) < 4.78 is 30.2. The molecule has 1 amide bonds. The molecule has 0 aliphatic heterocycles. The Balaban J connectivity index is 3.38. The number of hydrogen-bond acceptors (Lipinski definition) is 3. The van der Waals surface area contributed by atoms with Crippen molar-refractivity contribution in [2.24, 2.45) is 5.73 Å². The number of rotatable bonds is 3. The van der Waals surface area contributed by atoms with Crippen LogP contribution in [0.4, 0.5) is 8.78 Å². The van der Waals surface area contributed by atoms with Gasteiger partial charge in [-0.05, 0) is 28.7 Å². The first-order valence-corrected chi connectivity index (χ1v) is 4.87. The number of methoxy groups -OCH3 is 1. The highest BCUT2D eigenvalue weighted by molar-refractivity contribution is 14.1. The highest BCUT2D eigenvalue weighted by atomic mass is 127. The fourth-order valence-electron chi connectivity index (χ4n) is 0.997. The first kappa shape index (κ1) is 12.1. The van der Waals surface area contributed by atoms with Crippen molar-refractivity contribution in [3.05, 3.63) is 21.0 Å². The van der Waals surface area contributed by atoms with Gasteiger partial charge in [0.05, 0.1) is 10.7 Å². The van der Waals surface area contributed by atoms with E-state index >= 15 is 0 Å². The molecule has 0 atom stereocenters. The number of nitrogens with zero attached hydrogens (tertiary/aromatic N) is 1. The number of aromatic nitrogens is 1. The third kappa shape index (κ3) is 2.52. The first-order valence-electron chi connectivity index (χ1n) is 3.79. The lowest BCUT2D eigenvalue weighted by Gasteiger charge is -2.09. The summed E-state index contributed by atoms with van der Waals surface area (Å²) >= 11 is 1.77. The average Bonchev–Trinajstić information content (AvgIpc) is 2.16. The van der Waals surface area contributed by atoms with Crippen LogP contribution in [-0.2, 0) is 0 Å². The summed E-state index contributed by atoms with van der Waals surface area (Å²) in [7, 11) is 1.26. The van der Waals surface area contributed by atoms with Crippen molar-refractivity contribution in [1.29, 1.82) is 0 Å². The van der Waals surface area contributed by atoms with Crippen LogP contribution in [0.15, 0.2) is 6.07 Å². The lowest BCUT2D eigenvalue weighted by Crippen LogP contribution is -2.15. The van der Waals surface area contributed by atoms with Crippen molar-refractivity contribution < 1.29 is 18.3 Å². The van der Waals surface area contributed by atoms with Crippen molar-refractivity contribution in [2.45, 2.75) is 6.43 Å². The molecule has 2 N–H and O–H groups in total. The number of primary amides is 1. The predicted molar refractivity (Wildman–Crippen MR) is 57.0 cm³/mol. The lowest BCUT2D eigenvalue weighted by molar-refractivity contribution is 0.0992. The topological polar surface area (TPSA) is 65.2 Å². The number of nitrogens with two attached hydrogens (primary N) is 1. The van der Waals surface area contributed by atoms with Gasteiger partial charge in [-0.2, -0.15) is 0 Å². The Labute approximate surface area is 98.0 Å². The van der Waals surface area contributed by atoms with E-state index in [-0.39, 0.29) is 11.4 Å². The summed E-state index contributed by atoms with van der Waals surface area (Å²) in [6.07, 6.45) is -2.81. The molecule has 0 aliphatic rings. The van der Waals surface area contributed by atoms with E-state index in [0.29, 0.717) is 3.57 Å². The second-order valence-electron chi connectivity index (χ2n) is 2.57. The quantitative estimate of drug-likeness (QED) is 0.860. The molecule has 1 heterocycles. The second-order valence-corrected chi connectivity index (χ2v) is 3.73. The highest BCUT2D eigenvalue weighted by Gasteiger charge is 2.21. The fourth-order valence-corrected chi connectivity index (χ4v) is 1.79. The van der Waals surface area contributed by atoms with Gasteiger partial charge in [0.15, 0.2) is 11.4 Å². The van der Waals surface area contributed by atoms with E-state index in [9.17, 15) is 13.6 Å². The fraction of sp³-hybridized carbons (Fsp3) is 0.250. The van der Waals surface area contributed by atoms with Crippen LogP contribution in [0.2, 0.25) is 0 Å². The zero-order valence-electron chi connectivity index (χ0n) is 7.63. The van der Waals surface area contributed by atoms with E-state index in [4.69, 9.17) is 10.5 Å². The Morgan fingerprint density at radius 1 is 1.67 bits per heavy atom. The van der Waals surface area contributed by atoms with Crippen LogP contribution in [0, 0.1) is 3.57 Å². The van der Waals surface area contributed by atoms with Crippen LogP contribution in [-0.4, -0.2) is 18.0 Å². The monoisotopic (exact) mass is 328 g/mol. The van der Waals surface area contributed by atoms with Crippen molar-refractivity contribution in [2.75, 3.05) is 7.11 Å². The SMILES string of the molecule is COc1c(I)cc(C(N)=O)nc1C(F)F. The third-order valence-corrected chi connectivity index (χ3v) is 2.42. The normalized spacial score (nSPS) is 10.5. The minimum atomic E-state index is -2.81. The summed E-state index contributed by atoms with van der Waals surface area (Å²) in [5.41, 5.74) is 4.18. The number of carbonyl (C=O) groups is 1. The van der Waals surface area contributed by atoms with E-state index in [0.717, 1.165) is 0 Å². The number of halogens is 3. The summed E-state index contributed by atoms with van der Waals surface area (Å²) in [5.74, 6) is -0.881. The number of alkyl halides is 2. The number of ether oxygens (including phenoxy) is 1. The Kier molecular flexibility index (Phi) is 3.77. The first-order chi connectivity index (χ1) is 6.97. The van der Waals surface area contributed by atoms with E-state index in [2.05, 4.69) is 4.98 Å². The smallest absolute Gasteiger partial charge is 0.284 e. The Morgan fingerprint density at radius 2 is 2.27 bits per heavy atom. The van der Waals surface area contributed by atoms with Gasteiger partial charge in [0.2, 0.25) is 0 Å². The molecule has 0 spiro atoms. The summed E-state index contributed by atoms with van der Waals surface area (Å²) in [6.45, 7) is 0. The van der Waals surface area contributed by atoms with Crippen molar-refractivity contribution in [3.8, 4) is 5.75 Å². The Morgan fingerprint density at radius 3 is 2.67 bits per heavy atom. The molecule has 0 aliphatic carbocycles. The van der Waals surface area contributed by atoms with Gasteiger partial charge in [-0.3, -0.25) is 4.79 Å². The largest absolute Gasteiger partial charge is 0.493 e. The molecule has 0 aromatic carbocycles. The number of hydrogen-bond donors (Lipinski definition) is 1. The van der Waals surface area contributed by atoms with E-state index < -0.39 is 18.0 Å². The van der Waals surface area contributed by atoms with Gasteiger partial charge in [0.25, 0.3) is 12.3 Å². The molecule has 1 aromatic rings. The average molecular weight is 328 g/mol. The summed E-state index contributed by atoms with van der Waals surface area (Å²) in [5, 5.41) is 0. The van der Waals surface area contributed by atoms with E-state index in [1.807, 2.05) is 0 Å².